The van der Waals surface area contributed by atoms with Gasteiger partial charge in [-0.05, 0) is 37.5 Å². The molecule has 1 aliphatic heterocycles. The lowest BCUT2D eigenvalue weighted by Gasteiger charge is -2.25. The van der Waals surface area contributed by atoms with Crippen molar-refractivity contribution in [2.45, 2.75) is 32.2 Å². The Morgan fingerprint density at radius 2 is 1.64 bits per heavy atom. The van der Waals surface area contributed by atoms with E-state index < -0.39 is 11.6 Å². The van der Waals surface area contributed by atoms with E-state index in [2.05, 4.69) is 5.32 Å². The number of carbonyl (C=O) groups excluding carboxylic acids is 3. The predicted octanol–water partition coefficient (Wildman–Crippen LogP) is 2.98. The van der Waals surface area contributed by atoms with Crippen LogP contribution in [0.4, 0.5) is 10.5 Å². The average Bonchev–Trinajstić information content (AvgIpc) is 2.93. The normalized spacial score (nSPS) is 18.9. The fourth-order valence-electron chi connectivity index (χ4n) is 3.24. The van der Waals surface area contributed by atoms with Gasteiger partial charge in [-0.3, -0.25) is 14.5 Å². The minimum absolute atomic E-state index is 0.274. The molecule has 4 amide bonds. The van der Waals surface area contributed by atoms with E-state index in [0.29, 0.717) is 19.4 Å². The number of nitrogens with zero attached hydrogens (tertiary/aromatic N) is 2. The number of carbonyl (C=O) groups is 3. The Morgan fingerprint density at radius 1 is 1.04 bits per heavy atom. The molecule has 0 aromatic heterocycles. The molecule has 0 bridgehead atoms. The molecule has 1 fully saturated rings. The highest BCUT2D eigenvalue weighted by Crippen LogP contribution is 2.22. The Labute approximate surface area is 165 Å². The summed E-state index contributed by atoms with van der Waals surface area (Å²) in [5, 5.41) is 2.69. The molecule has 1 aliphatic rings. The van der Waals surface area contributed by atoms with Crippen LogP contribution in [0.2, 0.25) is 0 Å². The zero-order chi connectivity index (χ0) is 20.1. The monoisotopic (exact) mass is 379 g/mol. The third-order valence-corrected chi connectivity index (χ3v) is 5.18. The summed E-state index contributed by atoms with van der Waals surface area (Å²) in [5.41, 5.74) is 0.914. The molecule has 1 N–H and O–H groups in total. The number of nitrogens with one attached hydrogen (secondary N) is 1. The van der Waals surface area contributed by atoms with Crippen LogP contribution in [0.1, 0.15) is 25.8 Å². The number of imide groups is 1. The molecule has 1 heterocycles. The molecule has 0 radical (unpaired) electrons. The van der Waals surface area contributed by atoms with Crippen molar-refractivity contribution >= 4 is 23.5 Å². The summed E-state index contributed by atoms with van der Waals surface area (Å²) in [7, 11) is 0. The van der Waals surface area contributed by atoms with E-state index in [9.17, 15) is 14.4 Å². The molecular formula is C22H25N3O3. The van der Waals surface area contributed by atoms with Crippen LogP contribution in [0.15, 0.2) is 60.7 Å². The zero-order valence-electron chi connectivity index (χ0n) is 16.2. The van der Waals surface area contributed by atoms with E-state index >= 15 is 0 Å². The maximum absolute atomic E-state index is 13.1. The summed E-state index contributed by atoms with van der Waals surface area (Å²) in [6.07, 6.45) is 1.15. The number of anilines is 1. The Bertz CT molecular complexity index is 854. The Balaban J connectivity index is 1.77. The van der Waals surface area contributed by atoms with Crippen LogP contribution in [0.25, 0.3) is 0 Å². The topological polar surface area (TPSA) is 69.7 Å². The van der Waals surface area contributed by atoms with Gasteiger partial charge < -0.3 is 10.2 Å². The third-order valence-electron chi connectivity index (χ3n) is 5.18. The lowest BCUT2D eigenvalue weighted by atomic mass is 9.99. The maximum Gasteiger partial charge on any atom is 0.325 e. The predicted molar refractivity (Wildman–Crippen MR) is 108 cm³/mol. The molecule has 0 aliphatic carbocycles. The molecule has 6 nitrogen and oxygen atoms in total. The number of hydrogen-bond acceptors (Lipinski definition) is 3. The minimum atomic E-state index is -0.945. The summed E-state index contributed by atoms with van der Waals surface area (Å²) in [6.45, 7) is 3.70. The lowest BCUT2D eigenvalue weighted by molar-refractivity contribution is -0.134. The smallest absolute Gasteiger partial charge is 0.323 e. The summed E-state index contributed by atoms with van der Waals surface area (Å²) < 4.78 is 0. The van der Waals surface area contributed by atoms with Crippen LogP contribution in [0.5, 0.6) is 0 Å². The van der Waals surface area contributed by atoms with E-state index in [1.54, 1.807) is 11.8 Å². The fourth-order valence-corrected chi connectivity index (χ4v) is 3.24. The van der Waals surface area contributed by atoms with Gasteiger partial charge in [0.05, 0.1) is 0 Å². The van der Waals surface area contributed by atoms with Crippen molar-refractivity contribution in [3.05, 3.63) is 66.2 Å². The van der Waals surface area contributed by atoms with Crippen molar-refractivity contribution in [2.24, 2.45) is 0 Å². The van der Waals surface area contributed by atoms with E-state index in [0.717, 1.165) is 16.2 Å². The highest BCUT2D eigenvalue weighted by Gasteiger charge is 2.47. The van der Waals surface area contributed by atoms with Gasteiger partial charge in [0.25, 0.3) is 5.91 Å². The van der Waals surface area contributed by atoms with Gasteiger partial charge in [0, 0.05) is 12.2 Å². The molecular weight excluding hydrogens is 354 g/mol. The summed E-state index contributed by atoms with van der Waals surface area (Å²) in [6, 6.07) is 18.7. The summed E-state index contributed by atoms with van der Waals surface area (Å²) in [4.78, 5) is 40.6. The van der Waals surface area contributed by atoms with Crippen molar-refractivity contribution in [3.8, 4) is 0 Å². The zero-order valence-corrected chi connectivity index (χ0v) is 16.2. The molecule has 1 unspecified atom stereocenters. The van der Waals surface area contributed by atoms with Gasteiger partial charge in [-0.25, -0.2) is 4.79 Å². The third kappa shape index (κ3) is 4.06. The first-order chi connectivity index (χ1) is 13.4. The van der Waals surface area contributed by atoms with Gasteiger partial charge in [-0.2, -0.15) is 0 Å². The van der Waals surface area contributed by atoms with Crippen LogP contribution in [-0.4, -0.2) is 41.4 Å². The molecule has 0 saturated carbocycles. The molecule has 28 heavy (non-hydrogen) atoms. The van der Waals surface area contributed by atoms with Crippen LogP contribution in [0, 0.1) is 0 Å². The van der Waals surface area contributed by atoms with Crippen molar-refractivity contribution in [2.75, 3.05) is 18.0 Å². The van der Waals surface area contributed by atoms with Gasteiger partial charge in [-0.15, -0.1) is 0 Å². The number of para-hydroxylation sites is 1. The van der Waals surface area contributed by atoms with E-state index in [-0.39, 0.29) is 18.4 Å². The molecule has 1 saturated heterocycles. The van der Waals surface area contributed by atoms with Crippen molar-refractivity contribution < 1.29 is 14.4 Å². The molecule has 6 heteroatoms. The first-order valence-corrected chi connectivity index (χ1v) is 9.48. The number of rotatable bonds is 7. The second-order valence-electron chi connectivity index (χ2n) is 7.12. The Morgan fingerprint density at radius 3 is 2.21 bits per heavy atom. The summed E-state index contributed by atoms with van der Waals surface area (Å²) >= 11 is 0. The summed E-state index contributed by atoms with van der Waals surface area (Å²) in [5.74, 6) is -0.643. The average molecular weight is 379 g/mol. The quantitative estimate of drug-likeness (QED) is 0.752. The molecule has 0 spiro atoms. The number of urea groups is 1. The number of benzene rings is 2. The highest BCUT2D eigenvalue weighted by molar-refractivity contribution is 6.10. The van der Waals surface area contributed by atoms with Crippen LogP contribution >= 0.6 is 0 Å². The van der Waals surface area contributed by atoms with Gasteiger partial charge >= 0.3 is 6.03 Å². The minimum Gasteiger partial charge on any atom is -0.323 e. The first kappa shape index (κ1) is 19.6. The molecule has 1 atom stereocenters. The van der Waals surface area contributed by atoms with Crippen molar-refractivity contribution in [1.29, 1.82) is 0 Å². The van der Waals surface area contributed by atoms with Crippen LogP contribution in [-0.2, 0) is 16.0 Å². The molecule has 146 valence electrons. The van der Waals surface area contributed by atoms with E-state index in [1.165, 1.54) is 0 Å². The van der Waals surface area contributed by atoms with Crippen molar-refractivity contribution in [3.63, 3.8) is 0 Å². The number of amides is 4. The Kier molecular flexibility index (Phi) is 5.78. The van der Waals surface area contributed by atoms with Gasteiger partial charge in [0.15, 0.2) is 0 Å². The van der Waals surface area contributed by atoms with Gasteiger partial charge in [0.1, 0.15) is 12.1 Å². The second-order valence-corrected chi connectivity index (χ2v) is 7.12. The van der Waals surface area contributed by atoms with E-state index in [1.807, 2.05) is 67.6 Å². The highest BCUT2D eigenvalue weighted by atomic mass is 16.2. The lowest BCUT2D eigenvalue weighted by Crippen LogP contribution is -2.46. The number of hydrogen-bond donors (Lipinski definition) is 1. The maximum atomic E-state index is 13.1. The molecule has 2 aromatic carbocycles. The van der Waals surface area contributed by atoms with Gasteiger partial charge in [0.2, 0.25) is 5.91 Å². The largest absolute Gasteiger partial charge is 0.325 e. The van der Waals surface area contributed by atoms with Crippen LogP contribution < -0.4 is 10.2 Å². The standard InChI is InChI=1S/C22H25N3O3/c1-3-22(2)20(27)25(21(28)23-22)16-19(26)24(18-12-8-5-9-13-18)15-14-17-10-6-4-7-11-17/h4-13H,3,14-16H2,1-2H3,(H,23,28). The second kappa shape index (κ2) is 8.25. The Hall–Kier alpha value is -3.15. The molecule has 2 aromatic rings. The van der Waals surface area contributed by atoms with Gasteiger partial charge in [-0.1, -0.05) is 55.5 Å². The SMILES string of the molecule is CCC1(C)NC(=O)N(CC(=O)N(CCc2ccccc2)c2ccccc2)C1=O. The van der Waals surface area contributed by atoms with E-state index in [4.69, 9.17) is 0 Å². The van der Waals surface area contributed by atoms with Crippen LogP contribution in [0.3, 0.4) is 0 Å². The fraction of sp³-hybridized carbons (Fsp3) is 0.318. The first-order valence-electron chi connectivity index (χ1n) is 9.48. The molecule has 3 rings (SSSR count). The van der Waals surface area contributed by atoms with Crippen molar-refractivity contribution in [1.82, 2.24) is 10.2 Å².